The summed E-state index contributed by atoms with van der Waals surface area (Å²) in [4.78, 5) is 12.4. The van der Waals surface area contributed by atoms with Crippen LogP contribution in [0.2, 0.25) is 0 Å². The predicted octanol–water partition coefficient (Wildman–Crippen LogP) is 4.32. The topological polar surface area (TPSA) is 66.5 Å². The molecule has 0 saturated carbocycles. The van der Waals surface area contributed by atoms with Crippen LogP contribution < -0.4 is 9.62 Å². The van der Waals surface area contributed by atoms with Gasteiger partial charge in [-0.3, -0.25) is 9.10 Å². The number of amides is 1. The van der Waals surface area contributed by atoms with Crippen molar-refractivity contribution >= 4 is 21.6 Å². The Morgan fingerprint density at radius 1 is 0.903 bits per heavy atom. The van der Waals surface area contributed by atoms with E-state index in [1.54, 1.807) is 24.3 Å². The van der Waals surface area contributed by atoms with E-state index in [-0.39, 0.29) is 12.5 Å². The summed E-state index contributed by atoms with van der Waals surface area (Å²) in [5.41, 5.74) is 4.42. The molecule has 0 aromatic heterocycles. The van der Waals surface area contributed by atoms with Crippen LogP contribution in [0.15, 0.2) is 78.9 Å². The zero-order valence-corrected chi connectivity index (χ0v) is 18.7. The number of benzene rings is 3. The molecule has 3 aromatic carbocycles. The maximum atomic E-state index is 12.4. The average Bonchev–Trinajstić information content (AvgIpc) is 2.75. The van der Waals surface area contributed by atoms with E-state index in [1.807, 2.05) is 36.4 Å². The van der Waals surface area contributed by atoms with Crippen LogP contribution in [0.3, 0.4) is 0 Å². The Balaban J connectivity index is 1.59. The van der Waals surface area contributed by atoms with Gasteiger partial charge in [-0.15, -0.1) is 0 Å². The van der Waals surface area contributed by atoms with Gasteiger partial charge in [0.1, 0.15) is 0 Å². The molecule has 0 aliphatic rings. The van der Waals surface area contributed by atoms with Gasteiger partial charge in [0.05, 0.1) is 18.5 Å². The number of carbonyl (C=O) groups excluding carboxylic acids is 1. The van der Waals surface area contributed by atoms with Crippen molar-refractivity contribution in [2.75, 3.05) is 17.1 Å². The molecule has 0 unspecified atom stereocenters. The number of anilines is 1. The van der Waals surface area contributed by atoms with Crippen LogP contribution in [0.1, 0.15) is 33.5 Å². The second-order valence-corrected chi connectivity index (χ2v) is 9.56. The molecular formula is C25H28N2O3S. The summed E-state index contributed by atoms with van der Waals surface area (Å²) in [7, 11) is -3.46. The van der Waals surface area contributed by atoms with Crippen LogP contribution in [-0.4, -0.2) is 27.1 Å². The van der Waals surface area contributed by atoms with Gasteiger partial charge in [-0.2, -0.15) is 0 Å². The van der Waals surface area contributed by atoms with E-state index in [0.717, 1.165) is 18.4 Å². The van der Waals surface area contributed by atoms with Gasteiger partial charge in [0.15, 0.2) is 0 Å². The first-order chi connectivity index (χ1) is 14.8. The molecule has 3 rings (SSSR count). The molecule has 0 heterocycles. The van der Waals surface area contributed by atoms with Gasteiger partial charge < -0.3 is 5.32 Å². The fraction of sp³-hybridized carbons (Fsp3) is 0.240. The lowest BCUT2D eigenvalue weighted by atomic mass is 10.1. The summed E-state index contributed by atoms with van der Waals surface area (Å²) in [6, 6.07) is 24.4. The van der Waals surface area contributed by atoms with Crippen molar-refractivity contribution in [1.29, 1.82) is 0 Å². The third-order valence-corrected chi connectivity index (χ3v) is 6.14. The number of nitrogens with zero attached hydrogens (tertiary/aromatic N) is 1. The van der Waals surface area contributed by atoms with Gasteiger partial charge in [-0.05, 0) is 55.2 Å². The van der Waals surface area contributed by atoms with Gasteiger partial charge >= 0.3 is 0 Å². The predicted molar refractivity (Wildman–Crippen MR) is 126 cm³/mol. The standard InChI is InChI=1S/C25H28N2O3S/c1-20-8-6-11-21(18-20)12-7-17-26-25(28)23-13-15-24(16-14-23)27(31(2,29)30)19-22-9-4-3-5-10-22/h3-6,8-11,13-16,18H,7,12,17,19H2,1-2H3,(H,26,28). The smallest absolute Gasteiger partial charge is 0.251 e. The molecule has 0 fully saturated rings. The van der Waals surface area contributed by atoms with Crippen molar-refractivity contribution in [2.45, 2.75) is 26.3 Å². The Labute approximate surface area is 184 Å². The number of rotatable bonds is 9. The Morgan fingerprint density at radius 3 is 2.23 bits per heavy atom. The van der Waals surface area contributed by atoms with E-state index in [2.05, 4.69) is 30.4 Å². The van der Waals surface area contributed by atoms with Crippen molar-refractivity contribution in [2.24, 2.45) is 0 Å². The van der Waals surface area contributed by atoms with E-state index < -0.39 is 10.0 Å². The first kappa shape index (κ1) is 22.6. The molecule has 6 heteroatoms. The Bertz CT molecular complexity index is 1110. The largest absolute Gasteiger partial charge is 0.352 e. The molecule has 1 N–H and O–H groups in total. The minimum Gasteiger partial charge on any atom is -0.352 e. The van der Waals surface area contributed by atoms with Crippen LogP contribution in [0.5, 0.6) is 0 Å². The van der Waals surface area contributed by atoms with Crippen LogP contribution in [0.4, 0.5) is 5.69 Å². The zero-order chi connectivity index (χ0) is 22.3. The van der Waals surface area contributed by atoms with Crippen molar-refractivity contribution in [3.8, 4) is 0 Å². The second kappa shape index (κ2) is 10.3. The minimum atomic E-state index is -3.46. The third-order valence-electron chi connectivity index (χ3n) is 5.00. The lowest BCUT2D eigenvalue weighted by molar-refractivity contribution is 0.0953. The molecule has 0 spiro atoms. The molecule has 0 bridgehead atoms. The summed E-state index contributed by atoms with van der Waals surface area (Å²) in [6.45, 7) is 2.89. The van der Waals surface area contributed by atoms with Crippen LogP contribution >= 0.6 is 0 Å². The van der Waals surface area contributed by atoms with Crippen LogP contribution in [0, 0.1) is 6.92 Å². The van der Waals surface area contributed by atoms with Gasteiger partial charge in [-0.25, -0.2) is 8.42 Å². The van der Waals surface area contributed by atoms with Crippen molar-refractivity contribution < 1.29 is 13.2 Å². The highest BCUT2D eigenvalue weighted by Gasteiger charge is 2.18. The second-order valence-electron chi connectivity index (χ2n) is 7.65. The molecule has 31 heavy (non-hydrogen) atoms. The Kier molecular flexibility index (Phi) is 7.47. The molecule has 1 amide bonds. The monoisotopic (exact) mass is 436 g/mol. The quantitative estimate of drug-likeness (QED) is 0.508. The van der Waals surface area contributed by atoms with E-state index in [4.69, 9.17) is 0 Å². The highest BCUT2D eigenvalue weighted by Crippen LogP contribution is 2.21. The molecule has 0 aliphatic heterocycles. The SMILES string of the molecule is Cc1cccc(CCCNC(=O)c2ccc(N(Cc3ccccc3)S(C)(=O)=O)cc2)c1. The lowest BCUT2D eigenvalue weighted by Gasteiger charge is -2.22. The first-order valence-corrected chi connectivity index (χ1v) is 12.1. The van der Waals surface area contributed by atoms with Crippen molar-refractivity contribution in [1.82, 2.24) is 5.32 Å². The summed E-state index contributed by atoms with van der Waals surface area (Å²) < 4.78 is 26.0. The van der Waals surface area contributed by atoms with Gasteiger partial charge in [-0.1, -0.05) is 60.2 Å². The van der Waals surface area contributed by atoms with Crippen LogP contribution in [0.25, 0.3) is 0 Å². The number of carbonyl (C=O) groups is 1. The molecule has 3 aromatic rings. The van der Waals surface area contributed by atoms with Crippen molar-refractivity contribution in [3.05, 3.63) is 101 Å². The molecular weight excluding hydrogens is 408 g/mol. The summed E-state index contributed by atoms with van der Waals surface area (Å²) in [5, 5.41) is 2.93. The van der Waals surface area contributed by atoms with E-state index in [1.165, 1.54) is 21.7 Å². The van der Waals surface area contributed by atoms with E-state index >= 15 is 0 Å². The first-order valence-electron chi connectivity index (χ1n) is 10.3. The molecule has 0 saturated heterocycles. The molecule has 0 radical (unpaired) electrons. The van der Waals surface area contributed by atoms with Gasteiger partial charge in [0, 0.05) is 12.1 Å². The molecule has 5 nitrogen and oxygen atoms in total. The van der Waals surface area contributed by atoms with Crippen molar-refractivity contribution in [3.63, 3.8) is 0 Å². The number of aryl methyl sites for hydroxylation is 2. The summed E-state index contributed by atoms with van der Waals surface area (Å²) in [5.74, 6) is -0.162. The average molecular weight is 437 g/mol. The number of nitrogens with one attached hydrogen (secondary N) is 1. The van der Waals surface area contributed by atoms with Gasteiger partial charge in [0.25, 0.3) is 5.91 Å². The number of hydrogen-bond donors (Lipinski definition) is 1. The third kappa shape index (κ3) is 6.69. The molecule has 0 aliphatic carbocycles. The van der Waals surface area contributed by atoms with Gasteiger partial charge in [0.2, 0.25) is 10.0 Å². The number of sulfonamides is 1. The number of hydrogen-bond acceptors (Lipinski definition) is 3. The fourth-order valence-corrected chi connectivity index (χ4v) is 4.28. The lowest BCUT2D eigenvalue weighted by Crippen LogP contribution is -2.29. The molecule has 0 atom stereocenters. The summed E-state index contributed by atoms with van der Waals surface area (Å²) >= 11 is 0. The normalized spacial score (nSPS) is 11.2. The minimum absolute atomic E-state index is 0.162. The van der Waals surface area contributed by atoms with Crippen LogP contribution in [-0.2, 0) is 23.0 Å². The Hall–Kier alpha value is -3.12. The van der Waals surface area contributed by atoms with E-state index in [0.29, 0.717) is 17.8 Å². The zero-order valence-electron chi connectivity index (χ0n) is 17.9. The maximum Gasteiger partial charge on any atom is 0.251 e. The highest BCUT2D eigenvalue weighted by molar-refractivity contribution is 7.92. The summed E-state index contributed by atoms with van der Waals surface area (Å²) in [6.07, 6.45) is 2.95. The molecule has 162 valence electrons. The fourth-order valence-electron chi connectivity index (χ4n) is 3.39. The van der Waals surface area contributed by atoms with E-state index in [9.17, 15) is 13.2 Å². The maximum absolute atomic E-state index is 12.4. The Morgan fingerprint density at radius 2 is 1.58 bits per heavy atom. The highest BCUT2D eigenvalue weighted by atomic mass is 32.2.